The zero-order chi connectivity index (χ0) is 13.1. The predicted octanol–water partition coefficient (Wildman–Crippen LogP) is 2.91. The number of rotatable bonds is 3. The molecule has 2 rings (SSSR count). The Labute approximate surface area is 126 Å². The number of carbonyl (C=O) groups is 1. The molecular weight excluding hydrogens is 359 g/mol. The molecule has 1 fully saturated rings. The van der Waals surface area contributed by atoms with Crippen molar-refractivity contribution in [3.63, 3.8) is 0 Å². The van der Waals surface area contributed by atoms with Crippen LogP contribution in [-0.2, 0) is 0 Å². The summed E-state index contributed by atoms with van der Waals surface area (Å²) in [7, 11) is 0. The van der Waals surface area contributed by atoms with Gasteiger partial charge in [0, 0.05) is 37.6 Å². The SMILES string of the molecule is CCC(C)N1CCN(C(=O)c2csc(I)c2)CC1. The molecule has 0 spiro atoms. The van der Waals surface area contributed by atoms with Crippen molar-refractivity contribution in [1.29, 1.82) is 0 Å². The van der Waals surface area contributed by atoms with Crippen molar-refractivity contribution >= 4 is 39.8 Å². The second-order valence-corrected chi connectivity index (χ2v) is 7.53. The number of thiophene rings is 1. The van der Waals surface area contributed by atoms with Crippen LogP contribution in [0.3, 0.4) is 0 Å². The molecule has 2 heterocycles. The molecule has 1 aromatic rings. The minimum Gasteiger partial charge on any atom is -0.336 e. The smallest absolute Gasteiger partial charge is 0.254 e. The maximum Gasteiger partial charge on any atom is 0.254 e. The predicted molar refractivity (Wildman–Crippen MR) is 84.3 cm³/mol. The van der Waals surface area contributed by atoms with E-state index in [1.807, 2.05) is 16.3 Å². The third-order valence-corrected chi connectivity index (χ3v) is 5.42. The molecule has 100 valence electrons. The molecule has 0 aliphatic carbocycles. The van der Waals surface area contributed by atoms with Gasteiger partial charge in [0.05, 0.1) is 8.45 Å². The first-order valence-electron chi connectivity index (χ1n) is 6.39. The Morgan fingerprint density at radius 2 is 2.11 bits per heavy atom. The molecule has 0 saturated carbocycles. The van der Waals surface area contributed by atoms with E-state index in [9.17, 15) is 4.79 Å². The highest BCUT2D eigenvalue weighted by Crippen LogP contribution is 2.19. The largest absolute Gasteiger partial charge is 0.336 e. The van der Waals surface area contributed by atoms with E-state index in [2.05, 4.69) is 41.3 Å². The van der Waals surface area contributed by atoms with Crippen LogP contribution in [0.4, 0.5) is 0 Å². The normalized spacial score (nSPS) is 18.9. The molecule has 0 radical (unpaired) electrons. The highest BCUT2D eigenvalue weighted by molar-refractivity contribution is 14.1. The van der Waals surface area contributed by atoms with Gasteiger partial charge in [-0.15, -0.1) is 11.3 Å². The molecule has 1 amide bonds. The number of hydrogen-bond acceptors (Lipinski definition) is 3. The number of carbonyl (C=O) groups excluding carboxylic acids is 1. The van der Waals surface area contributed by atoms with Gasteiger partial charge in [-0.25, -0.2) is 0 Å². The Morgan fingerprint density at radius 3 is 2.61 bits per heavy atom. The minimum absolute atomic E-state index is 0.193. The first kappa shape index (κ1) is 14.3. The summed E-state index contributed by atoms with van der Waals surface area (Å²) in [5.41, 5.74) is 0.849. The van der Waals surface area contributed by atoms with Crippen molar-refractivity contribution in [3.05, 3.63) is 19.9 Å². The van der Waals surface area contributed by atoms with Gasteiger partial charge in [0.15, 0.2) is 0 Å². The van der Waals surface area contributed by atoms with Gasteiger partial charge < -0.3 is 4.90 Å². The minimum atomic E-state index is 0.193. The van der Waals surface area contributed by atoms with Crippen molar-refractivity contribution < 1.29 is 4.79 Å². The van der Waals surface area contributed by atoms with E-state index in [0.717, 1.165) is 31.7 Å². The lowest BCUT2D eigenvalue weighted by Gasteiger charge is -2.37. The van der Waals surface area contributed by atoms with E-state index in [1.165, 1.54) is 9.30 Å². The van der Waals surface area contributed by atoms with E-state index in [1.54, 1.807) is 11.3 Å². The molecule has 1 unspecified atom stereocenters. The summed E-state index contributed by atoms with van der Waals surface area (Å²) in [6.07, 6.45) is 1.18. The van der Waals surface area contributed by atoms with Crippen molar-refractivity contribution in [2.75, 3.05) is 26.2 Å². The van der Waals surface area contributed by atoms with Crippen LogP contribution in [0.1, 0.15) is 30.6 Å². The van der Waals surface area contributed by atoms with Gasteiger partial charge in [-0.2, -0.15) is 0 Å². The van der Waals surface area contributed by atoms with E-state index >= 15 is 0 Å². The average molecular weight is 378 g/mol. The molecule has 5 heteroatoms. The number of piperazine rings is 1. The second-order valence-electron chi connectivity index (χ2n) is 4.72. The van der Waals surface area contributed by atoms with Crippen molar-refractivity contribution in [2.45, 2.75) is 26.3 Å². The monoisotopic (exact) mass is 378 g/mol. The summed E-state index contributed by atoms with van der Waals surface area (Å²) in [6.45, 7) is 8.20. The summed E-state index contributed by atoms with van der Waals surface area (Å²) < 4.78 is 1.18. The van der Waals surface area contributed by atoms with Crippen molar-refractivity contribution in [1.82, 2.24) is 9.80 Å². The highest BCUT2D eigenvalue weighted by atomic mass is 127. The number of nitrogens with zero attached hydrogens (tertiary/aromatic N) is 2. The van der Waals surface area contributed by atoms with Gasteiger partial charge >= 0.3 is 0 Å². The van der Waals surface area contributed by atoms with Crippen LogP contribution in [0.2, 0.25) is 0 Å². The zero-order valence-corrected chi connectivity index (χ0v) is 13.8. The molecule has 0 N–H and O–H groups in total. The Morgan fingerprint density at radius 1 is 1.44 bits per heavy atom. The standard InChI is InChI=1S/C13H19IN2OS/c1-3-10(2)15-4-6-16(7-5-15)13(17)11-8-12(14)18-9-11/h8-10H,3-7H2,1-2H3. The highest BCUT2D eigenvalue weighted by Gasteiger charge is 2.24. The van der Waals surface area contributed by atoms with Gasteiger partial charge in [0.2, 0.25) is 0 Å². The summed E-state index contributed by atoms with van der Waals surface area (Å²) in [6, 6.07) is 2.61. The first-order chi connectivity index (χ1) is 8.61. The molecule has 0 aromatic carbocycles. The van der Waals surface area contributed by atoms with Crippen LogP contribution in [0.25, 0.3) is 0 Å². The van der Waals surface area contributed by atoms with Crippen LogP contribution in [0.15, 0.2) is 11.4 Å². The van der Waals surface area contributed by atoms with E-state index in [4.69, 9.17) is 0 Å². The van der Waals surface area contributed by atoms with Crippen LogP contribution < -0.4 is 0 Å². The lowest BCUT2D eigenvalue weighted by molar-refractivity contribution is 0.0580. The van der Waals surface area contributed by atoms with E-state index < -0.39 is 0 Å². The molecule has 3 nitrogen and oxygen atoms in total. The summed E-state index contributed by atoms with van der Waals surface area (Å²) in [5.74, 6) is 0.193. The molecule has 0 bridgehead atoms. The van der Waals surface area contributed by atoms with E-state index in [0.29, 0.717) is 6.04 Å². The maximum atomic E-state index is 12.3. The quantitative estimate of drug-likeness (QED) is 0.756. The van der Waals surface area contributed by atoms with Crippen molar-refractivity contribution in [3.8, 4) is 0 Å². The Bertz CT molecular complexity index is 413. The van der Waals surface area contributed by atoms with Crippen molar-refractivity contribution in [2.24, 2.45) is 0 Å². The number of amides is 1. The Kier molecular flexibility index (Phi) is 5.03. The first-order valence-corrected chi connectivity index (χ1v) is 8.35. The van der Waals surface area contributed by atoms with Crippen LogP contribution >= 0.6 is 33.9 Å². The summed E-state index contributed by atoms with van der Waals surface area (Å²) in [4.78, 5) is 16.7. The topological polar surface area (TPSA) is 23.6 Å². The molecule has 1 aliphatic rings. The summed E-state index contributed by atoms with van der Waals surface area (Å²) in [5, 5.41) is 1.96. The average Bonchev–Trinajstić information content (AvgIpc) is 2.84. The summed E-state index contributed by atoms with van der Waals surface area (Å²) >= 11 is 3.90. The molecule has 1 aliphatic heterocycles. The maximum absolute atomic E-state index is 12.3. The molecule has 18 heavy (non-hydrogen) atoms. The van der Waals surface area contributed by atoms with Crippen LogP contribution in [-0.4, -0.2) is 47.9 Å². The molecule has 1 atom stereocenters. The van der Waals surface area contributed by atoms with Gasteiger partial charge in [-0.1, -0.05) is 6.92 Å². The fourth-order valence-corrected chi connectivity index (χ4v) is 3.55. The van der Waals surface area contributed by atoms with Gasteiger partial charge in [0.25, 0.3) is 5.91 Å². The molecule has 1 aromatic heterocycles. The number of halogens is 1. The van der Waals surface area contributed by atoms with Gasteiger partial charge in [0.1, 0.15) is 0 Å². The van der Waals surface area contributed by atoms with Crippen LogP contribution in [0.5, 0.6) is 0 Å². The number of hydrogen-bond donors (Lipinski definition) is 0. The van der Waals surface area contributed by atoms with Gasteiger partial charge in [-0.3, -0.25) is 9.69 Å². The molecular formula is C13H19IN2OS. The molecule has 1 saturated heterocycles. The third-order valence-electron chi connectivity index (χ3n) is 3.63. The van der Waals surface area contributed by atoms with Crippen LogP contribution in [0, 0.1) is 2.88 Å². The van der Waals surface area contributed by atoms with Gasteiger partial charge in [-0.05, 0) is 42.0 Å². The van der Waals surface area contributed by atoms with E-state index in [-0.39, 0.29) is 5.91 Å². The zero-order valence-electron chi connectivity index (χ0n) is 10.9. The third kappa shape index (κ3) is 3.24. The fourth-order valence-electron chi connectivity index (χ4n) is 2.23. The lowest BCUT2D eigenvalue weighted by atomic mass is 10.2. The Balaban J connectivity index is 1.92. The lowest BCUT2D eigenvalue weighted by Crippen LogP contribution is -2.51. The second kappa shape index (κ2) is 6.34. The Hall–Kier alpha value is -0.140. The fraction of sp³-hybridized carbons (Fsp3) is 0.615.